The molecule has 23 rings (SSSR count). The van der Waals surface area contributed by atoms with Gasteiger partial charge in [0.2, 0.25) is 0 Å². The summed E-state index contributed by atoms with van der Waals surface area (Å²) in [6, 6.07) is 109. The van der Waals surface area contributed by atoms with E-state index in [0.29, 0.717) is 0 Å². The number of hydrogen-bond donors (Lipinski definition) is 0. The second-order valence-electron chi connectivity index (χ2n) is 34.8. The highest BCUT2D eigenvalue weighted by atomic mass is 16.3. The van der Waals surface area contributed by atoms with Crippen LogP contribution in [0.25, 0.3) is 153 Å². The number of fused-ring (bicyclic) bond motifs is 27. The molecule has 0 spiro atoms. The molecule has 3 nitrogen and oxygen atoms in total. The fraction of sp³-hybridized carbons (Fsp3) is 0.172. The number of para-hydroxylation sites is 2. The van der Waals surface area contributed by atoms with E-state index < -0.39 is 0 Å². The van der Waals surface area contributed by atoms with Gasteiger partial charge in [0.25, 0.3) is 0 Å². The number of furan rings is 3. The Morgan fingerprint density at radius 3 is 0.849 bits per heavy atom. The van der Waals surface area contributed by atoms with Crippen molar-refractivity contribution in [1.82, 2.24) is 0 Å². The van der Waals surface area contributed by atoms with Gasteiger partial charge >= 0.3 is 0 Å². The number of rotatable bonds is 0. The van der Waals surface area contributed by atoms with Crippen LogP contribution in [0.2, 0.25) is 0 Å². The molecule has 3 heteroatoms. The Morgan fingerprint density at radius 1 is 0.168 bits per heavy atom. The first-order chi connectivity index (χ1) is 57.2. The fourth-order valence-electron chi connectivity index (χ4n) is 18.6. The van der Waals surface area contributed by atoms with Crippen molar-refractivity contribution in [3.63, 3.8) is 0 Å². The van der Waals surface area contributed by atoms with Crippen molar-refractivity contribution in [1.29, 1.82) is 0 Å². The van der Waals surface area contributed by atoms with Gasteiger partial charge in [-0.05, 0) is 276 Å². The predicted octanol–water partition coefficient (Wildman–Crippen LogP) is 33.4. The van der Waals surface area contributed by atoms with E-state index in [1.54, 1.807) is 0 Å². The second kappa shape index (κ2) is 31.4. The lowest BCUT2D eigenvalue weighted by Gasteiger charge is -2.22. The minimum Gasteiger partial charge on any atom is -0.456 e. The van der Waals surface area contributed by atoms with Crippen LogP contribution in [0.1, 0.15) is 128 Å². The first kappa shape index (κ1) is 78.4. The molecule has 0 bridgehead atoms. The molecule has 586 valence electrons. The molecule has 18 aromatic carbocycles. The standard InChI is InChI=1S/2C20H16.2C17H18.3C14H12O/c1-13-7-5-11-17-15-9-3-4-10-16(15)18-12-6-8-14(2)20(18)19(13)17;1-13-7-9-17-15-5-3-4-6-16(15)18-10-8-14(2)12-20(18)19(17)11-13;1-11-5-7-15-13(9-11)14-10-12(2)6-8-16(14)17(15,3)4;1-11-5-7-13-14-8-6-12(2)10-16(14)17(3,4)15(13)9-11;1-9-3-5-13-11(7-9)12-8-10(2)4-6-14(12)15-13;1-9-3-5-11-12-6-4-10(2)8-14(12)15-13(11)7-9;1-9-5-3-7-11-12-8-4-6-10(2)14(12)15-13(9)11/h2*3-12H,1-2H3;2*5-10H,1-4H3;3*3-8H,1-2H3. The maximum Gasteiger partial charge on any atom is 0.138 e. The molecule has 3 aromatic heterocycles. The topological polar surface area (TPSA) is 39.4 Å². The zero-order valence-corrected chi connectivity index (χ0v) is 72.1. The molecular formula is C116H104O3. The molecule has 0 atom stereocenters. The van der Waals surface area contributed by atoms with Crippen LogP contribution in [0.3, 0.4) is 0 Å². The molecule has 0 saturated carbocycles. The van der Waals surface area contributed by atoms with Gasteiger partial charge in [-0.3, -0.25) is 0 Å². The van der Waals surface area contributed by atoms with Crippen molar-refractivity contribution in [3.8, 4) is 22.3 Å². The Balaban J connectivity index is 0.0000000996. The van der Waals surface area contributed by atoms with Crippen molar-refractivity contribution in [2.24, 2.45) is 0 Å². The van der Waals surface area contributed by atoms with E-state index in [1.807, 2.05) is 12.1 Å². The van der Waals surface area contributed by atoms with Gasteiger partial charge in [0, 0.05) is 43.1 Å². The Kier molecular flexibility index (Phi) is 20.7. The average Bonchev–Trinajstić information content (AvgIpc) is 1.11. The average molecular weight is 1550 g/mol. The first-order valence-corrected chi connectivity index (χ1v) is 42.0. The van der Waals surface area contributed by atoms with Gasteiger partial charge in [0.15, 0.2) is 0 Å². The molecule has 0 amide bonds. The largest absolute Gasteiger partial charge is 0.456 e. The number of hydrogen-bond acceptors (Lipinski definition) is 3. The zero-order valence-electron chi connectivity index (χ0n) is 72.1. The normalized spacial score (nSPS) is 12.6. The predicted molar refractivity (Wildman–Crippen MR) is 513 cm³/mol. The third-order valence-corrected chi connectivity index (χ3v) is 24.9. The molecule has 0 radical (unpaired) electrons. The van der Waals surface area contributed by atoms with Crippen molar-refractivity contribution >= 4 is 130 Å². The molecule has 0 unspecified atom stereocenters. The van der Waals surface area contributed by atoms with Crippen molar-refractivity contribution in [2.75, 3.05) is 0 Å². The van der Waals surface area contributed by atoms with E-state index in [4.69, 9.17) is 13.3 Å². The van der Waals surface area contributed by atoms with Gasteiger partial charge in [0.05, 0.1) is 0 Å². The summed E-state index contributed by atoms with van der Waals surface area (Å²) in [4.78, 5) is 0. The highest BCUT2D eigenvalue weighted by molar-refractivity contribution is 6.27. The number of aryl methyl sites for hydroxylation is 14. The van der Waals surface area contributed by atoms with Crippen LogP contribution in [0.5, 0.6) is 0 Å². The van der Waals surface area contributed by atoms with Crippen LogP contribution < -0.4 is 0 Å². The summed E-state index contributed by atoms with van der Waals surface area (Å²) in [7, 11) is 0. The Hall–Kier alpha value is -13.1. The Morgan fingerprint density at radius 2 is 0.445 bits per heavy atom. The summed E-state index contributed by atoms with van der Waals surface area (Å²) in [5.41, 5.74) is 35.9. The van der Waals surface area contributed by atoms with E-state index in [0.717, 1.165) is 33.5 Å². The molecule has 119 heavy (non-hydrogen) atoms. The maximum atomic E-state index is 5.91. The lowest BCUT2D eigenvalue weighted by atomic mass is 9.81. The molecule has 21 aromatic rings. The molecule has 2 aliphatic rings. The monoisotopic (exact) mass is 1540 g/mol. The van der Waals surface area contributed by atoms with Crippen molar-refractivity contribution < 1.29 is 13.3 Å². The molecule has 0 saturated heterocycles. The third kappa shape index (κ3) is 14.7. The smallest absolute Gasteiger partial charge is 0.138 e. The molecular weight excluding hydrogens is 1440 g/mol. The van der Waals surface area contributed by atoms with E-state index in [9.17, 15) is 0 Å². The van der Waals surface area contributed by atoms with Crippen molar-refractivity contribution in [2.45, 2.75) is 135 Å². The van der Waals surface area contributed by atoms with Crippen LogP contribution in [0, 0.1) is 96.9 Å². The van der Waals surface area contributed by atoms with Gasteiger partial charge in [-0.1, -0.05) is 339 Å². The highest BCUT2D eigenvalue weighted by Gasteiger charge is 2.36. The molecule has 0 fully saturated rings. The lowest BCUT2D eigenvalue weighted by Crippen LogP contribution is -2.15. The maximum absolute atomic E-state index is 5.91. The van der Waals surface area contributed by atoms with Crippen LogP contribution in [0.15, 0.2) is 317 Å². The summed E-state index contributed by atoms with van der Waals surface area (Å²) in [5.74, 6) is 0. The first-order valence-electron chi connectivity index (χ1n) is 42.0. The molecule has 3 heterocycles. The van der Waals surface area contributed by atoms with Crippen molar-refractivity contribution in [3.05, 3.63) is 403 Å². The van der Waals surface area contributed by atoms with Crippen LogP contribution in [-0.2, 0) is 10.8 Å². The minimum atomic E-state index is 0.142. The Bertz CT molecular complexity index is 7150. The summed E-state index contributed by atoms with van der Waals surface area (Å²) in [6.45, 7) is 39.3. The summed E-state index contributed by atoms with van der Waals surface area (Å²) in [6.07, 6.45) is 0. The molecule has 2 aliphatic carbocycles. The van der Waals surface area contributed by atoms with Gasteiger partial charge in [-0.25, -0.2) is 0 Å². The Labute approximate surface area is 700 Å². The summed E-state index contributed by atoms with van der Waals surface area (Å²) in [5, 5.41) is 23.6. The summed E-state index contributed by atoms with van der Waals surface area (Å²) < 4.78 is 17.5. The van der Waals surface area contributed by atoms with Gasteiger partial charge in [-0.2, -0.15) is 0 Å². The van der Waals surface area contributed by atoms with E-state index in [1.165, 1.54) is 219 Å². The van der Waals surface area contributed by atoms with Gasteiger partial charge in [-0.15, -0.1) is 0 Å². The molecule has 0 N–H and O–H groups in total. The van der Waals surface area contributed by atoms with Gasteiger partial charge in [0.1, 0.15) is 33.5 Å². The minimum absolute atomic E-state index is 0.142. The highest BCUT2D eigenvalue weighted by Crippen LogP contribution is 2.51. The van der Waals surface area contributed by atoms with E-state index in [2.05, 4.69) is 416 Å². The SMILES string of the molecule is Cc1ccc2c(c1)-c1cc(C)ccc1C2(C)C.Cc1ccc2c(c1)C(C)(C)c1cc(C)ccc1-2.Cc1ccc2c(c1)oc1cc(C)ccc12.Cc1ccc2c3ccccc3c3ccc(C)cc3c2c1.Cc1ccc2oc3ccc(C)cc3c2c1.Cc1cccc2c1oc1c(C)cccc12.Cc1cccc2c3ccccc3c3cccc(C)c3c12. The van der Waals surface area contributed by atoms with Crippen LogP contribution in [-0.4, -0.2) is 0 Å². The van der Waals surface area contributed by atoms with Crippen LogP contribution >= 0.6 is 0 Å². The van der Waals surface area contributed by atoms with E-state index in [-0.39, 0.29) is 10.8 Å². The third-order valence-electron chi connectivity index (χ3n) is 24.9. The zero-order chi connectivity index (χ0) is 83.0. The lowest BCUT2D eigenvalue weighted by molar-refractivity contribution is 0.659. The second-order valence-corrected chi connectivity index (χ2v) is 34.8. The fourth-order valence-corrected chi connectivity index (χ4v) is 18.6. The van der Waals surface area contributed by atoms with E-state index >= 15 is 0 Å². The number of benzene rings is 18. The quantitative estimate of drug-likeness (QED) is 0.142. The molecule has 0 aliphatic heterocycles. The van der Waals surface area contributed by atoms with Crippen LogP contribution in [0.4, 0.5) is 0 Å². The summed E-state index contributed by atoms with van der Waals surface area (Å²) >= 11 is 0. The van der Waals surface area contributed by atoms with Gasteiger partial charge < -0.3 is 13.3 Å².